The maximum absolute atomic E-state index is 6.19. The number of ether oxygens (including phenoxy) is 1. The summed E-state index contributed by atoms with van der Waals surface area (Å²) in [7, 11) is 0. The predicted octanol–water partition coefficient (Wildman–Crippen LogP) is 2.82. The molecule has 0 bridgehead atoms. The normalized spacial score (nSPS) is 28.2. The molecule has 2 atom stereocenters. The largest absolute Gasteiger partial charge is 0.487 e. The molecule has 1 saturated heterocycles. The van der Waals surface area contributed by atoms with Gasteiger partial charge in [0, 0.05) is 25.1 Å². The topological polar surface area (TPSA) is 38.5 Å². The minimum atomic E-state index is -0.0609. The van der Waals surface area contributed by atoms with Gasteiger partial charge in [-0.05, 0) is 50.8 Å². The first kappa shape index (κ1) is 14.9. The van der Waals surface area contributed by atoms with Gasteiger partial charge in [-0.25, -0.2) is 0 Å². The van der Waals surface area contributed by atoms with E-state index >= 15 is 0 Å². The molecule has 0 aliphatic carbocycles. The number of piperidine rings is 1. The first-order chi connectivity index (χ1) is 9.98. The summed E-state index contributed by atoms with van der Waals surface area (Å²) < 4.78 is 6.19. The first-order valence-corrected chi connectivity index (χ1v) is 8.21. The SMILES string of the molecule is CC1CCN(Cc2cccc3c2OC(C)(C)C3)CC1CN. The van der Waals surface area contributed by atoms with Crippen molar-refractivity contribution in [2.75, 3.05) is 19.6 Å². The Bertz CT molecular complexity index is 512. The molecule has 3 heteroatoms. The van der Waals surface area contributed by atoms with Gasteiger partial charge in [-0.1, -0.05) is 25.1 Å². The third-order valence-electron chi connectivity index (χ3n) is 5.07. The molecular weight excluding hydrogens is 260 g/mol. The first-order valence-electron chi connectivity index (χ1n) is 8.21. The zero-order valence-corrected chi connectivity index (χ0v) is 13.6. The summed E-state index contributed by atoms with van der Waals surface area (Å²) in [5.74, 6) is 2.52. The third-order valence-corrected chi connectivity index (χ3v) is 5.07. The quantitative estimate of drug-likeness (QED) is 0.929. The molecule has 116 valence electrons. The lowest BCUT2D eigenvalue weighted by Crippen LogP contribution is -2.42. The molecule has 2 N–H and O–H groups in total. The average molecular weight is 288 g/mol. The van der Waals surface area contributed by atoms with E-state index in [2.05, 4.69) is 43.9 Å². The van der Waals surface area contributed by atoms with E-state index in [0.717, 1.165) is 37.7 Å². The molecule has 2 heterocycles. The van der Waals surface area contributed by atoms with Gasteiger partial charge in [0.15, 0.2) is 0 Å². The summed E-state index contributed by atoms with van der Waals surface area (Å²) in [6.45, 7) is 10.8. The maximum atomic E-state index is 6.19. The number of hydrogen-bond donors (Lipinski definition) is 1. The highest BCUT2D eigenvalue weighted by Gasteiger charge is 2.32. The molecule has 21 heavy (non-hydrogen) atoms. The van der Waals surface area contributed by atoms with Crippen molar-refractivity contribution >= 4 is 0 Å². The second kappa shape index (κ2) is 5.62. The van der Waals surface area contributed by atoms with Gasteiger partial charge in [-0.15, -0.1) is 0 Å². The Kier molecular flexibility index (Phi) is 3.98. The van der Waals surface area contributed by atoms with Crippen molar-refractivity contribution in [2.24, 2.45) is 17.6 Å². The van der Waals surface area contributed by atoms with Crippen LogP contribution in [0.15, 0.2) is 18.2 Å². The summed E-state index contributed by atoms with van der Waals surface area (Å²) >= 11 is 0. The van der Waals surface area contributed by atoms with Crippen LogP contribution in [0.2, 0.25) is 0 Å². The van der Waals surface area contributed by atoms with Gasteiger partial charge in [-0.3, -0.25) is 4.90 Å². The van der Waals surface area contributed by atoms with Gasteiger partial charge in [0.05, 0.1) is 0 Å². The molecule has 1 aromatic rings. The van der Waals surface area contributed by atoms with Gasteiger partial charge in [0.2, 0.25) is 0 Å². The lowest BCUT2D eigenvalue weighted by molar-refractivity contribution is 0.117. The summed E-state index contributed by atoms with van der Waals surface area (Å²) in [6, 6.07) is 6.59. The number of likely N-dealkylation sites (tertiary alicyclic amines) is 1. The van der Waals surface area contributed by atoms with Crippen LogP contribution in [-0.4, -0.2) is 30.1 Å². The second-order valence-corrected chi connectivity index (χ2v) is 7.44. The Morgan fingerprint density at radius 2 is 2.19 bits per heavy atom. The van der Waals surface area contributed by atoms with Crippen LogP contribution in [-0.2, 0) is 13.0 Å². The smallest absolute Gasteiger partial charge is 0.127 e. The van der Waals surface area contributed by atoms with E-state index in [4.69, 9.17) is 10.5 Å². The number of para-hydroxylation sites is 1. The molecule has 2 aliphatic heterocycles. The van der Waals surface area contributed by atoms with Crippen molar-refractivity contribution in [1.29, 1.82) is 0 Å². The number of hydrogen-bond acceptors (Lipinski definition) is 3. The molecule has 0 saturated carbocycles. The minimum absolute atomic E-state index is 0.0609. The third kappa shape index (κ3) is 3.09. The van der Waals surface area contributed by atoms with Crippen molar-refractivity contribution in [1.82, 2.24) is 4.90 Å². The summed E-state index contributed by atoms with van der Waals surface area (Å²) in [4.78, 5) is 2.54. The number of nitrogens with zero attached hydrogens (tertiary/aromatic N) is 1. The van der Waals surface area contributed by atoms with Crippen LogP contribution < -0.4 is 10.5 Å². The highest BCUT2D eigenvalue weighted by Crippen LogP contribution is 2.38. The van der Waals surface area contributed by atoms with Crippen molar-refractivity contribution in [3.8, 4) is 5.75 Å². The van der Waals surface area contributed by atoms with E-state index in [1.54, 1.807) is 0 Å². The molecule has 0 spiro atoms. The Balaban J connectivity index is 1.74. The van der Waals surface area contributed by atoms with Crippen molar-refractivity contribution in [2.45, 2.75) is 45.8 Å². The lowest BCUT2D eigenvalue weighted by atomic mass is 9.87. The molecule has 3 nitrogen and oxygen atoms in total. The molecule has 1 fully saturated rings. The van der Waals surface area contributed by atoms with Gasteiger partial charge < -0.3 is 10.5 Å². The monoisotopic (exact) mass is 288 g/mol. The van der Waals surface area contributed by atoms with Gasteiger partial charge in [0.25, 0.3) is 0 Å². The fraction of sp³-hybridized carbons (Fsp3) is 0.667. The fourth-order valence-electron chi connectivity index (χ4n) is 3.72. The van der Waals surface area contributed by atoms with E-state index in [-0.39, 0.29) is 5.60 Å². The van der Waals surface area contributed by atoms with E-state index in [9.17, 15) is 0 Å². The number of nitrogens with two attached hydrogens (primary N) is 1. The van der Waals surface area contributed by atoms with E-state index in [1.165, 1.54) is 24.1 Å². The predicted molar refractivity (Wildman–Crippen MR) is 86.5 cm³/mol. The maximum Gasteiger partial charge on any atom is 0.127 e. The Hall–Kier alpha value is -1.06. The highest BCUT2D eigenvalue weighted by atomic mass is 16.5. The Labute approximate surface area is 128 Å². The Morgan fingerprint density at radius 1 is 1.38 bits per heavy atom. The van der Waals surface area contributed by atoms with Crippen LogP contribution in [0.25, 0.3) is 0 Å². The van der Waals surface area contributed by atoms with Gasteiger partial charge in [0.1, 0.15) is 11.4 Å². The van der Waals surface area contributed by atoms with Crippen LogP contribution in [0, 0.1) is 11.8 Å². The number of benzene rings is 1. The molecule has 1 aromatic carbocycles. The zero-order valence-electron chi connectivity index (χ0n) is 13.6. The highest BCUT2D eigenvalue weighted by molar-refractivity contribution is 5.45. The standard InChI is InChI=1S/C18H28N2O/c1-13-7-8-20(12-16(13)10-19)11-15-6-4-5-14-9-18(2,3)21-17(14)15/h4-6,13,16H,7-12,19H2,1-3H3. The molecule has 2 aliphatic rings. The van der Waals surface area contributed by atoms with Crippen LogP contribution in [0.4, 0.5) is 0 Å². The molecule has 3 rings (SSSR count). The minimum Gasteiger partial charge on any atom is -0.487 e. The summed E-state index contributed by atoms with van der Waals surface area (Å²) in [5.41, 5.74) is 8.56. The number of rotatable bonds is 3. The average Bonchev–Trinajstić information content (AvgIpc) is 2.76. The number of fused-ring (bicyclic) bond motifs is 1. The van der Waals surface area contributed by atoms with Crippen molar-refractivity contribution < 1.29 is 4.74 Å². The van der Waals surface area contributed by atoms with E-state index in [1.807, 2.05) is 0 Å². The molecular formula is C18H28N2O. The van der Waals surface area contributed by atoms with Crippen molar-refractivity contribution in [3.05, 3.63) is 29.3 Å². The summed E-state index contributed by atoms with van der Waals surface area (Å²) in [6.07, 6.45) is 2.27. The Morgan fingerprint density at radius 3 is 2.95 bits per heavy atom. The lowest BCUT2D eigenvalue weighted by Gasteiger charge is -2.36. The zero-order chi connectivity index (χ0) is 15.0. The van der Waals surface area contributed by atoms with Crippen LogP contribution >= 0.6 is 0 Å². The van der Waals surface area contributed by atoms with Gasteiger partial charge in [-0.2, -0.15) is 0 Å². The summed E-state index contributed by atoms with van der Waals surface area (Å²) in [5, 5.41) is 0. The fourth-order valence-corrected chi connectivity index (χ4v) is 3.72. The molecule has 2 unspecified atom stereocenters. The van der Waals surface area contributed by atoms with Crippen LogP contribution in [0.3, 0.4) is 0 Å². The van der Waals surface area contributed by atoms with E-state index < -0.39 is 0 Å². The molecule has 0 aromatic heterocycles. The van der Waals surface area contributed by atoms with Crippen LogP contribution in [0.1, 0.15) is 38.3 Å². The second-order valence-electron chi connectivity index (χ2n) is 7.44. The van der Waals surface area contributed by atoms with Gasteiger partial charge >= 0.3 is 0 Å². The molecule has 0 radical (unpaired) electrons. The van der Waals surface area contributed by atoms with Crippen molar-refractivity contribution in [3.63, 3.8) is 0 Å². The van der Waals surface area contributed by atoms with E-state index in [0.29, 0.717) is 5.92 Å². The van der Waals surface area contributed by atoms with Crippen LogP contribution in [0.5, 0.6) is 5.75 Å². The molecule has 0 amide bonds.